The summed E-state index contributed by atoms with van der Waals surface area (Å²) in [5.41, 5.74) is 0.692. The van der Waals surface area contributed by atoms with E-state index < -0.39 is 0 Å². The van der Waals surface area contributed by atoms with E-state index in [0.717, 1.165) is 30.7 Å². The van der Waals surface area contributed by atoms with Crippen molar-refractivity contribution in [2.24, 2.45) is 0 Å². The molecule has 0 radical (unpaired) electrons. The van der Waals surface area contributed by atoms with Gasteiger partial charge in [-0.1, -0.05) is 30.3 Å². The van der Waals surface area contributed by atoms with Crippen molar-refractivity contribution in [2.45, 2.75) is 50.0 Å². The highest BCUT2D eigenvalue weighted by Gasteiger charge is 2.52. The van der Waals surface area contributed by atoms with Crippen LogP contribution in [0.15, 0.2) is 42.7 Å². The number of amides is 1. The second-order valence-corrected chi connectivity index (χ2v) is 7.29. The van der Waals surface area contributed by atoms with Gasteiger partial charge in [0.05, 0.1) is 17.7 Å². The number of imidazole rings is 1. The minimum absolute atomic E-state index is 0.0487. The number of aliphatic hydroxyl groups excluding tert-OH is 1. The molecular formula is C20H25N3O3. The van der Waals surface area contributed by atoms with Crippen molar-refractivity contribution in [3.63, 3.8) is 0 Å². The summed E-state index contributed by atoms with van der Waals surface area (Å²) >= 11 is 0. The van der Waals surface area contributed by atoms with E-state index in [4.69, 9.17) is 4.74 Å². The molecule has 1 aliphatic heterocycles. The molecule has 1 saturated carbocycles. The standard InChI is InChI=1S/C20H25N3O3/c1-26-20-8-7-16(24)13-17(20)23(11-9-20)18(25)14-22-12-10-21-19(22)15-5-3-2-4-6-15/h2-6,10,12,16-17,24H,7-9,11,13-14H2,1H3/t16-,17-,20+/m0/s1. The van der Waals surface area contributed by atoms with Gasteiger partial charge in [0.25, 0.3) is 0 Å². The molecule has 2 aromatic rings. The Hall–Kier alpha value is -2.18. The summed E-state index contributed by atoms with van der Waals surface area (Å²) in [6, 6.07) is 9.83. The lowest BCUT2D eigenvalue weighted by atomic mass is 9.79. The number of aromatic nitrogens is 2. The van der Waals surface area contributed by atoms with E-state index in [0.29, 0.717) is 13.0 Å². The number of rotatable bonds is 4. The predicted molar refractivity (Wildman–Crippen MR) is 97.4 cm³/mol. The Balaban J connectivity index is 1.54. The summed E-state index contributed by atoms with van der Waals surface area (Å²) in [4.78, 5) is 19.4. The zero-order valence-corrected chi connectivity index (χ0v) is 15.0. The first-order chi connectivity index (χ1) is 12.6. The number of hydrogen-bond acceptors (Lipinski definition) is 4. The first-order valence-electron chi connectivity index (χ1n) is 9.22. The molecule has 1 aromatic carbocycles. The first kappa shape index (κ1) is 17.2. The van der Waals surface area contributed by atoms with E-state index in [1.165, 1.54) is 0 Å². The van der Waals surface area contributed by atoms with Crippen LogP contribution in [-0.2, 0) is 16.1 Å². The van der Waals surface area contributed by atoms with Gasteiger partial charge in [0.15, 0.2) is 0 Å². The average molecular weight is 355 g/mol. The van der Waals surface area contributed by atoms with Gasteiger partial charge in [-0.2, -0.15) is 0 Å². The number of methoxy groups -OCH3 is 1. The Morgan fingerprint density at radius 2 is 2.15 bits per heavy atom. The fraction of sp³-hybridized carbons (Fsp3) is 0.500. The highest BCUT2D eigenvalue weighted by atomic mass is 16.5. The Labute approximate surface area is 153 Å². The summed E-state index contributed by atoms with van der Waals surface area (Å²) < 4.78 is 7.73. The van der Waals surface area contributed by atoms with Crippen molar-refractivity contribution in [3.8, 4) is 11.4 Å². The molecule has 1 aromatic heterocycles. The summed E-state index contributed by atoms with van der Waals surface area (Å²) in [5.74, 6) is 0.845. The highest BCUT2D eigenvalue weighted by molar-refractivity contribution is 5.77. The van der Waals surface area contributed by atoms with E-state index >= 15 is 0 Å². The second kappa shape index (κ2) is 6.85. The Morgan fingerprint density at radius 3 is 2.92 bits per heavy atom. The zero-order chi connectivity index (χ0) is 18.1. The lowest BCUT2D eigenvalue weighted by Gasteiger charge is -2.42. The van der Waals surface area contributed by atoms with Gasteiger partial charge in [0.2, 0.25) is 5.91 Å². The molecule has 3 atom stereocenters. The number of hydrogen-bond donors (Lipinski definition) is 1. The fourth-order valence-electron chi connectivity index (χ4n) is 4.50. The number of likely N-dealkylation sites (tertiary alicyclic amines) is 1. The minimum Gasteiger partial charge on any atom is -0.393 e. The molecule has 1 saturated heterocycles. The van der Waals surface area contributed by atoms with E-state index in [9.17, 15) is 9.90 Å². The third-order valence-corrected chi connectivity index (χ3v) is 5.94. The number of benzene rings is 1. The van der Waals surface area contributed by atoms with Crippen molar-refractivity contribution in [3.05, 3.63) is 42.7 Å². The van der Waals surface area contributed by atoms with Crippen LogP contribution < -0.4 is 0 Å². The van der Waals surface area contributed by atoms with Crippen LogP contribution in [0.2, 0.25) is 0 Å². The monoisotopic (exact) mass is 355 g/mol. The van der Waals surface area contributed by atoms with Crippen molar-refractivity contribution in [2.75, 3.05) is 13.7 Å². The van der Waals surface area contributed by atoms with E-state index in [-0.39, 0.29) is 30.2 Å². The molecule has 2 heterocycles. The number of carbonyl (C=O) groups excluding carboxylic acids is 1. The molecule has 1 amide bonds. The van der Waals surface area contributed by atoms with Crippen LogP contribution in [0.4, 0.5) is 0 Å². The van der Waals surface area contributed by atoms with Gasteiger partial charge in [-0.3, -0.25) is 4.79 Å². The van der Waals surface area contributed by atoms with Crippen LogP contribution in [0.5, 0.6) is 0 Å². The molecule has 0 spiro atoms. The fourth-order valence-corrected chi connectivity index (χ4v) is 4.50. The van der Waals surface area contributed by atoms with Gasteiger partial charge in [0.1, 0.15) is 12.4 Å². The van der Waals surface area contributed by atoms with Gasteiger partial charge in [-0.05, 0) is 25.7 Å². The van der Waals surface area contributed by atoms with Gasteiger partial charge < -0.3 is 19.3 Å². The third-order valence-electron chi connectivity index (χ3n) is 5.94. The van der Waals surface area contributed by atoms with Crippen LogP contribution >= 0.6 is 0 Å². The van der Waals surface area contributed by atoms with Crippen molar-refractivity contribution >= 4 is 5.91 Å². The van der Waals surface area contributed by atoms with Gasteiger partial charge in [-0.15, -0.1) is 0 Å². The van der Waals surface area contributed by atoms with Crippen LogP contribution in [0.25, 0.3) is 11.4 Å². The summed E-state index contributed by atoms with van der Waals surface area (Å²) in [6.45, 7) is 0.927. The van der Waals surface area contributed by atoms with Crippen molar-refractivity contribution in [1.29, 1.82) is 0 Å². The molecule has 138 valence electrons. The highest BCUT2D eigenvalue weighted by Crippen LogP contribution is 2.42. The number of ether oxygens (including phenoxy) is 1. The molecular weight excluding hydrogens is 330 g/mol. The lowest BCUT2D eigenvalue weighted by molar-refractivity contribution is -0.140. The molecule has 0 unspecified atom stereocenters. The number of nitrogens with zero attached hydrogens (tertiary/aromatic N) is 3. The SMILES string of the molecule is CO[C@@]12CC[C@H](O)C[C@@H]1N(C(=O)Cn1ccnc1-c1ccccc1)CC2. The lowest BCUT2D eigenvalue weighted by Crippen LogP contribution is -2.53. The second-order valence-electron chi connectivity index (χ2n) is 7.29. The first-order valence-corrected chi connectivity index (χ1v) is 9.22. The normalized spacial score (nSPS) is 28.2. The molecule has 4 rings (SSSR count). The van der Waals surface area contributed by atoms with Crippen LogP contribution in [0.1, 0.15) is 25.7 Å². The Kier molecular flexibility index (Phi) is 4.54. The minimum atomic E-state index is -0.357. The number of fused-ring (bicyclic) bond motifs is 1. The van der Waals surface area contributed by atoms with Crippen molar-refractivity contribution < 1.29 is 14.6 Å². The van der Waals surface area contributed by atoms with Gasteiger partial charge >= 0.3 is 0 Å². The Morgan fingerprint density at radius 1 is 1.35 bits per heavy atom. The molecule has 1 aliphatic carbocycles. The van der Waals surface area contributed by atoms with E-state index in [1.54, 1.807) is 13.3 Å². The smallest absolute Gasteiger partial charge is 0.242 e. The molecule has 6 heteroatoms. The third kappa shape index (κ3) is 2.93. The quantitative estimate of drug-likeness (QED) is 0.912. The summed E-state index contributed by atoms with van der Waals surface area (Å²) in [6.07, 6.45) is 6.19. The maximum Gasteiger partial charge on any atom is 0.242 e. The molecule has 2 fully saturated rings. The predicted octanol–water partition coefficient (Wildman–Crippen LogP) is 2.08. The molecule has 0 bridgehead atoms. The molecule has 6 nitrogen and oxygen atoms in total. The maximum absolute atomic E-state index is 13.1. The molecule has 26 heavy (non-hydrogen) atoms. The van der Waals surface area contributed by atoms with Crippen LogP contribution in [-0.4, -0.2) is 56.9 Å². The molecule has 1 N–H and O–H groups in total. The van der Waals surface area contributed by atoms with Crippen LogP contribution in [0.3, 0.4) is 0 Å². The maximum atomic E-state index is 13.1. The summed E-state index contributed by atoms with van der Waals surface area (Å²) in [5, 5.41) is 10.1. The number of carbonyl (C=O) groups is 1. The van der Waals surface area contributed by atoms with Gasteiger partial charge in [-0.25, -0.2) is 4.98 Å². The Bertz CT molecular complexity index is 776. The summed E-state index contributed by atoms with van der Waals surface area (Å²) in [7, 11) is 1.72. The molecule has 2 aliphatic rings. The number of aliphatic hydroxyl groups is 1. The average Bonchev–Trinajstić information content (AvgIpc) is 3.27. The zero-order valence-electron chi connectivity index (χ0n) is 15.0. The van der Waals surface area contributed by atoms with E-state index in [2.05, 4.69) is 4.98 Å². The van der Waals surface area contributed by atoms with Gasteiger partial charge in [0, 0.05) is 31.6 Å². The van der Waals surface area contributed by atoms with Crippen LogP contribution in [0, 0.1) is 0 Å². The topological polar surface area (TPSA) is 67.6 Å². The largest absolute Gasteiger partial charge is 0.393 e. The van der Waals surface area contributed by atoms with E-state index in [1.807, 2.05) is 46.0 Å². The van der Waals surface area contributed by atoms with Crippen molar-refractivity contribution in [1.82, 2.24) is 14.5 Å².